The summed E-state index contributed by atoms with van der Waals surface area (Å²) < 4.78 is 38.6. The predicted molar refractivity (Wildman–Crippen MR) is 143 cm³/mol. The molecule has 0 saturated heterocycles. The summed E-state index contributed by atoms with van der Waals surface area (Å²) in [6.45, 7) is 9.52. The van der Waals surface area contributed by atoms with E-state index in [9.17, 15) is 18.0 Å². The number of hydrogen-bond acceptors (Lipinski definition) is 6. The van der Waals surface area contributed by atoms with Crippen molar-refractivity contribution in [3.8, 4) is 11.5 Å². The Kier molecular flexibility index (Phi) is 9.42. The first-order valence-electron chi connectivity index (χ1n) is 12.6. The molecule has 9 nitrogen and oxygen atoms in total. The molecule has 0 fully saturated rings. The second-order valence-electron chi connectivity index (χ2n) is 9.33. The summed E-state index contributed by atoms with van der Waals surface area (Å²) in [5.74, 6) is -0.00247. The van der Waals surface area contributed by atoms with E-state index in [-0.39, 0.29) is 24.2 Å². The molecule has 2 aromatic rings. The van der Waals surface area contributed by atoms with Crippen molar-refractivity contribution in [2.24, 2.45) is 0 Å². The lowest BCUT2D eigenvalue weighted by atomic mass is 10.1. The van der Waals surface area contributed by atoms with Gasteiger partial charge in [0.05, 0.1) is 11.4 Å². The highest BCUT2D eigenvalue weighted by Crippen LogP contribution is 2.35. The molecule has 0 aromatic heterocycles. The van der Waals surface area contributed by atoms with E-state index < -0.39 is 28.5 Å². The minimum absolute atomic E-state index is 0.104. The highest BCUT2D eigenvalue weighted by Gasteiger charge is 2.33. The van der Waals surface area contributed by atoms with Gasteiger partial charge >= 0.3 is 0 Å². The molecule has 10 heteroatoms. The standard InChI is InChI=1S/C27H37N3O6S/c1-6-23(27(32)28-19(3)4)29(17-21-10-8-20(5)9-11-21)26(31)18-30(37(33,34)7-2)22-12-13-24-25(16-22)36-15-14-35-24/h8-13,16,19,23H,6-7,14-15,17-18H2,1-5H3,(H,28,32). The minimum Gasteiger partial charge on any atom is -0.486 e. The lowest BCUT2D eigenvalue weighted by molar-refractivity contribution is -0.140. The van der Waals surface area contributed by atoms with Crippen LogP contribution in [0, 0.1) is 6.92 Å². The van der Waals surface area contributed by atoms with Crippen LogP contribution in [0.5, 0.6) is 11.5 Å². The SMILES string of the molecule is CCC(C(=O)NC(C)C)N(Cc1ccc(C)cc1)C(=O)CN(c1ccc2c(c1)OCCO2)S(=O)(=O)CC. The predicted octanol–water partition coefficient (Wildman–Crippen LogP) is 3.25. The molecule has 3 rings (SSSR count). The van der Waals surface area contributed by atoms with Crippen LogP contribution in [-0.4, -0.2) is 62.7 Å². The van der Waals surface area contributed by atoms with Crippen molar-refractivity contribution in [1.82, 2.24) is 10.2 Å². The van der Waals surface area contributed by atoms with Crippen molar-refractivity contribution in [2.75, 3.05) is 29.8 Å². The molecular weight excluding hydrogens is 494 g/mol. The normalized spacial score (nSPS) is 13.7. The number of aryl methyl sites for hydroxylation is 1. The summed E-state index contributed by atoms with van der Waals surface area (Å²) >= 11 is 0. The van der Waals surface area contributed by atoms with Gasteiger partial charge in [0.15, 0.2) is 11.5 Å². The minimum atomic E-state index is -3.83. The van der Waals surface area contributed by atoms with Gasteiger partial charge in [-0.2, -0.15) is 0 Å². The van der Waals surface area contributed by atoms with Gasteiger partial charge in [0.1, 0.15) is 25.8 Å². The molecule has 2 aromatic carbocycles. The number of rotatable bonds is 11. The Balaban J connectivity index is 1.97. The van der Waals surface area contributed by atoms with Gasteiger partial charge in [-0.05, 0) is 51.8 Å². The van der Waals surface area contributed by atoms with Crippen LogP contribution in [0.25, 0.3) is 0 Å². The van der Waals surface area contributed by atoms with Crippen LogP contribution in [0.4, 0.5) is 5.69 Å². The third-order valence-electron chi connectivity index (χ3n) is 6.08. The lowest BCUT2D eigenvalue weighted by Crippen LogP contribution is -2.53. The number of anilines is 1. The molecule has 202 valence electrons. The van der Waals surface area contributed by atoms with E-state index in [1.165, 1.54) is 11.8 Å². The Morgan fingerprint density at radius 1 is 1.00 bits per heavy atom. The summed E-state index contributed by atoms with van der Waals surface area (Å²) in [5, 5.41) is 2.89. The third-order valence-corrected chi connectivity index (χ3v) is 7.82. The Labute approximate surface area is 219 Å². The second kappa shape index (κ2) is 12.3. The molecule has 1 unspecified atom stereocenters. The molecule has 0 radical (unpaired) electrons. The summed E-state index contributed by atoms with van der Waals surface area (Å²) in [5.41, 5.74) is 2.22. The molecule has 0 spiro atoms. The molecule has 0 aliphatic carbocycles. The molecule has 1 heterocycles. The van der Waals surface area contributed by atoms with E-state index in [0.717, 1.165) is 15.4 Å². The monoisotopic (exact) mass is 531 g/mol. The highest BCUT2D eigenvalue weighted by atomic mass is 32.2. The summed E-state index contributed by atoms with van der Waals surface area (Å²) in [6, 6.07) is 11.6. The van der Waals surface area contributed by atoms with Gasteiger partial charge in [-0.25, -0.2) is 8.42 Å². The van der Waals surface area contributed by atoms with Crippen LogP contribution >= 0.6 is 0 Å². The molecular formula is C27H37N3O6S. The molecule has 1 N–H and O–H groups in total. The molecule has 2 amide bonds. The van der Waals surface area contributed by atoms with E-state index in [4.69, 9.17) is 9.47 Å². The second-order valence-corrected chi connectivity index (χ2v) is 11.5. The summed E-state index contributed by atoms with van der Waals surface area (Å²) in [4.78, 5) is 28.4. The average molecular weight is 532 g/mol. The first-order valence-corrected chi connectivity index (χ1v) is 14.2. The zero-order valence-corrected chi connectivity index (χ0v) is 23.0. The number of hydrogen-bond donors (Lipinski definition) is 1. The van der Waals surface area contributed by atoms with E-state index in [1.54, 1.807) is 18.2 Å². The first-order chi connectivity index (χ1) is 17.6. The first kappa shape index (κ1) is 28.3. The number of nitrogens with zero attached hydrogens (tertiary/aromatic N) is 2. The van der Waals surface area contributed by atoms with Crippen LogP contribution in [0.2, 0.25) is 0 Å². The number of nitrogens with one attached hydrogen (secondary N) is 1. The fourth-order valence-corrected chi connectivity index (χ4v) is 5.15. The molecule has 37 heavy (non-hydrogen) atoms. The maximum atomic E-state index is 13.8. The van der Waals surface area contributed by atoms with Gasteiger partial charge in [-0.15, -0.1) is 0 Å². The van der Waals surface area contributed by atoms with E-state index in [0.29, 0.717) is 36.8 Å². The van der Waals surface area contributed by atoms with Crippen LogP contribution < -0.4 is 19.1 Å². The Bertz CT molecular complexity index is 1200. The smallest absolute Gasteiger partial charge is 0.244 e. The maximum Gasteiger partial charge on any atom is 0.244 e. The number of carbonyl (C=O) groups is 2. The number of sulfonamides is 1. The zero-order valence-electron chi connectivity index (χ0n) is 22.2. The van der Waals surface area contributed by atoms with Crippen LogP contribution in [0.3, 0.4) is 0 Å². The van der Waals surface area contributed by atoms with Gasteiger partial charge in [-0.1, -0.05) is 36.8 Å². The number of benzene rings is 2. The molecule has 0 saturated carbocycles. The maximum absolute atomic E-state index is 13.8. The van der Waals surface area contributed by atoms with Crippen molar-refractivity contribution in [3.63, 3.8) is 0 Å². The van der Waals surface area contributed by atoms with Crippen molar-refractivity contribution >= 4 is 27.5 Å². The Morgan fingerprint density at radius 3 is 2.24 bits per heavy atom. The zero-order chi connectivity index (χ0) is 27.2. The van der Waals surface area contributed by atoms with Crippen LogP contribution in [0.1, 0.15) is 45.2 Å². The number of carbonyl (C=O) groups excluding carboxylic acids is 2. The van der Waals surface area contributed by atoms with Crippen molar-refractivity contribution in [3.05, 3.63) is 53.6 Å². The van der Waals surface area contributed by atoms with Crippen LogP contribution in [-0.2, 0) is 26.2 Å². The quantitative estimate of drug-likeness (QED) is 0.477. The number of amides is 2. The number of fused-ring (bicyclic) bond motifs is 1. The molecule has 1 aliphatic heterocycles. The fraction of sp³-hybridized carbons (Fsp3) is 0.481. The highest BCUT2D eigenvalue weighted by molar-refractivity contribution is 7.92. The van der Waals surface area contributed by atoms with Gasteiger partial charge in [0.25, 0.3) is 0 Å². The van der Waals surface area contributed by atoms with Crippen molar-refractivity contribution < 1.29 is 27.5 Å². The molecule has 0 bridgehead atoms. The fourth-order valence-electron chi connectivity index (χ4n) is 4.10. The van der Waals surface area contributed by atoms with Crippen LogP contribution in [0.15, 0.2) is 42.5 Å². The van der Waals surface area contributed by atoms with Crippen molar-refractivity contribution in [2.45, 2.75) is 59.7 Å². The average Bonchev–Trinajstić information content (AvgIpc) is 2.87. The summed E-state index contributed by atoms with van der Waals surface area (Å²) in [7, 11) is -3.83. The summed E-state index contributed by atoms with van der Waals surface area (Å²) in [6.07, 6.45) is 0.376. The largest absolute Gasteiger partial charge is 0.486 e. The van der Waals surface area contributed by atoms with Gasteiger partial charge in [-0.3, -0.25) is 13.9 Å². The van der Waals surface area contributed by atoms with E-state index in [1.807, 2.05) is 52.0 Å². The van der Waals surface area contributed by atoms with Gasteiger partial charge in [0, 0.05) is 18.7 Å². The number of ether oxygens (including phenoxy) is 2. The van der Waals surface area contributed by atoms with Crippen molar-refractivity contribution in [1.29, 1.82) is 0 Å². The third kappa shape index (κ3) is 7.15. The molecule has 1 aliphatic rings. The van der Waals surface area contributed by atoms with E-state index >= 15 is 0 Å². The van der Waals surface area contributed by atoms with Gasteiger partial charge < -0.3 is 19.7 Å². The molecule has 1 atom stereocenters. The Hall–Kier alpha value is -3.27. The van der Waals surface area contributed by atoms with Gasteiger partial charge in [0.2, 0.25) is 21.8 Å². The Morgan fingerprint density at radius 2 is 1.65 bits per heavy atom. The topological polar surface area (TPSA) is 105 Å². The van der Waals surface area contributed by atoms with E-state index in [2.05, 4.69) is 5.32 Å². The lowest BCUT2D eigenvalue weighted by Gasteiger charge is -2.33.